The minimum atomic E-state index is -1.82. The van der Waals surface area contributed by atoms with E-state index in [0.29, 0.717) is 57.7 Å². The molecule has 1 heterocycles. The van der Waals surface area contributed by atoms with Gasteiger partial charge in [-0.15, -0.1) is 0 Å². The van der Waals surface area contributed by atoms with Crippen molar-refractivity contribution in [2.45, 2.75) is 211 Å². The number of carbonyl (C=O) groups is 11. The molecular formula is C50H88N14O13. The van der Waals surface area contributed by atoms with Crippen molar-refractivity contribution < 1.29 is 63.0 Å². The zero-order valence-corrected chi connectivity index (χ0v) is 45.9. The summed E-state index contributed by atoms with van der Waals surface area (Å²) in [4.78, 5) is 155. The number of carbonyl (C=O) groups excluding carboxylic acids is 9. The summed E-state index contributed by atoms with van der Waals surface area (Å²) in [6.45, 7) is 11.3. The van der Waals surface area contributed by atoms with Gasteiger partial charge in [0, 0.05) is 32.9 Å². The van der Waals surface area contributed by atoms with E-state index >= 15 is 0 Å². The number of aliphatic carboxylic acids is 2. The molecule has 0 aromatic rings. The first-order chi connectivity index (χ1) is 36.1. The number of amides is 8. The Morgan fingerprint density at radius 2 is 1.25 bits per heavy atom. The third-order valence-electron chi connectivity index (χ3n) is 13.2. The van der Waals surface area contributed by atoms with E-state index in [4.69, 9.17) is 22.9 Å². The molecule has 9 atom stereocenters. The maximum Gasteiger partial charge on any atom is 0.303 e. The van der Waals surface area contributed by atoms with Crippen LogP contribution < -0.4 is 65.5 Å². The van der Waals surface area contributed by atoms with Crippen molar-refractivity contribution in [3.63, 3.8) is 0 Å². The quantitative estimate of drug-likeness (QED) is 0.0212. The highest BCUT2D eigenvalue weighted by molar-refractivity contribution is 5.99. The molecule has 1 fully saturated rings. The van der Waals surface area contributed by atoms with Crippen LogP contribution in [0.4, 0.5) is 0 Å². The van der Waals surface area contributed by atoms with Gasteiger partial charge >= 0.3 is 11.9 Å². The Labute approximate surface area is 451 Å². The van der Waals surface area contributed by atoms with Gasteiger partial charge in [-0.3, -0.25) is 57.9 Å². The molecule has 8 amide bonds. The number of carboxylic acid groups (broad SMARTS) is 2. The highest BCUT2D eigenvalue weighted by atomic mass is 16.4. The lowest BCUT2D eigenvalue weighted by atomic mass is 9.89. The van der Waals surface area contributed by atoms with Gasteiger partial charge in [0.2, 0.25) is 47.3 Å². The van der Waals surface area contributed by atoms with Crippen molar-refractivity contribution in [1.82, 2.24) is 42.5 Å². The Hall–Kier alpha value is -7.09. The number of aldehydes is 1. The number of hydrogen-bond donors (Lipinski definition) is 14. The van der Waals surface area contributed by atoms with Gasteiger partial charge in [-0.05, 0) is 83.5 Å². The Morgan fingerprint density at radius 3 is 1.79 bits per heavy atom. The first kappa shape index (κ1) is 67.9. The summed E-state index contributed by atoms with van der Waals surface area (Å²) in [7, 11) is 0. The number of nitrogens with one attached hydrogen (secondary N) is 8. The molecule has 27 nitrogen and oxygen atoms in total. The molecule has 1 aliphatic heterocycles. The molecule has 0 bridgehead atoms. The molecule has 0 aliphatic carbocycles. The molecular weight excluding hydrogens is 1000 g/mol. The zero-order chi connectivity index (χ0) is 58.5. The van der Waals surface area contributed by atoms with Crippen LogP contribution in [0.3, 0.4) is 0 Å². The summed E-state index contributed by atoms with van der Waals surface area (Å²) in [5.41, 5.74) is 18.4. The largest absolute Gasteiger partial charge is 0.481 e. The molecule has 77 heavy (non-hydrogen) atoms. The molecule has 18 N–H and O–H groups in total. The Morgan fingerprint density at radius 1 is 0.701 bits per heavy atom. The summed E-state index contributed by atoms with van der Waals surface area (Å²) < 4.78 is 0. The number of hydrogen-bond acceptors (Lipinski definition) is 13. The van der Waals surface area contributed by atoms with Gasteiger partial charge < -0.3 is 80.5 Å². The SMILES string of the molecule is CC[C@H](C)[C@@H]1NC(=O)[C@H](CCCN=C(N)N)NC(=O)[C@H](CCC(=O)O)NC(=O)[C@@](C)(NC(C)=O)CCCCCCCC[C@@](C)(C(=O)N[C@@H](CCC(=O)O)C(=O)N[C@@H](CC(C)C)C(=O)N[C@H](C=O)CCCN=C(N)N)NC1=O. The van der Waals surface area contributed by atoms with Gasteiger partial charge in [-0.2, -0.15) is 0 Å². The molecule has 0 saturated carbocycles. The molecule has 0 unspecified atom stereocenters. The average Bonchev–Trinajstić information content (AvgIpc) is 3.33. The number of rotatable bonds is 26. The fourth-order valence-electron chi connectivity index (χ4n) is 8.53. The average molecular weight is 1090 g/mol. The smallest absolute Gasteiger partial charge is 0.303 e. The van der Waals surface area contributed by atoms with Gasteiger partial charge in [-0.25, -0.2) is 0 Å². The van der Waals surface area contributed by atoms with E-state index in [-0.39, 0.29) is 69.5 Å². The van der Waals surface area contributed by atoms with Crippen molar-refractivity contribution >= 4 is 77.4 Å². The zero-order valence-electron chi connectivity index (χ0n) is 45.9. The second-order valence-corrected chi connectivity index (χ2v) is 20.6. The summed E-state index contributed by atoms with van der Waals surface area (Å²) >= 11 is 0. The molecule has 0 aromatic heterocycles. The lowest BCUT2D eigenvalue weighted by Crippen LogP contribution is -2.65. The van der Waals surface area contributed by atoms with Crippen molar-refractivity contribution in [3.05, 3.63) is 0 Å². The summed E-state index contributed by atoms with van der Waals surface area (Å²) in [6.07, 6.45) is 2.69. The van der Waals surface area contributed by atoms with Crippen molar-refractivity contribution in [2.75, 3.05) is 13.1 Å². The topological polar surface area (TPSA) is 453 Å². The highest BCUT2D eigenvalue weighted by Gasteiger charge is 2.42. The van der Waals surface area contributed by atoms with Crippen LogP contribution in [-0.4, -0.2) is 148 Å². The second-order valence-electron chi connectivity index (χ2n) is 20.6. The molecule has 1 saturated heterocycles. The normalized spacial score (nSPS) is 22.7. The van der Waals surface area contributed by atoms with Crippen LogP contribution in [0, 0.1) is 11.8 Å². The fraction of sp³-hybridized carbons (Fsp3) is 0.740. The predicted molar refractivity (Wildman–Crippen MR) is 286 cm³/mol. The lowest BCUT2D eigenvalue weighted by Gasteiger charge is -2.35. The van der Waals surface area contributed by atoms with Gasteiger partial charge in [0.15, 0.2) is 11.9 Å². The van der Waals surface area contributed by atoms with Gasteiger partial charge in [-0.1, -0.05) is 72.6 Å². The summed E-state index contributed by atoms with van der Waals surface area (Å²) in [5, 5.41) is 40.5. The maximum atomic E-state index is 14.7. The Kier molecular flexibility index (Phi) is 30.5. The van der Waals surface area contributed by atoms with Crippen LogP contribution in [0.1, 0.15) is 164 Å². The minimum absolute atomic E-state index is 0.0134. The Balaban J connectivity index is 3.86. The molecule has 1 rings (SSSR count). The third kappa shape index (κ3) is 26.5. The van der Waals surface area contributed by atoms with Gasteiger partial charge in [0.1, 0.15) is 47.6 Å². The van der Waals surface area contributed by atoms with Crippen LogP contribution in [0.5, 0.6) is 0 Å². The Bertz CT molecular complexity index is 2080. The first-order valence-electron chi connectivity index (χ1n) is 26.5. The minimum Gasteiger partial charge on any atom is -0.481 e. The van der Waals surface area contributed by atoms with Crippen molar-refractivity contribution in [2.24, 2.45) is 44.8 Å². The van der Waals surface area contributed by atoms with Crippen LogP contribution in [0.25, 0.3) is 0 Å². The molecule has 436 valence electrons. The number of guanidine groups is 2. The van der Waals surface area contributed by atoms with Crippen LogP contribution in [-0.2, 0) is 52.7 Å². The third-order valence-corrected chi connectivity index (χ3v) is 13.2. The first-order valence-corrected chi connectivity index (χ1v) is 26.5. The number of carboxylic acids is 2. The van der Waals surface area contributed by atoms with E-state index < -0.39 is 138 Å². The van der Waals surface area contributed by atoms with E-state index in [0.717, 1.165) is 0 Å². The highest BCUT2D eigenvalue weighted by Crippen LogP contribution is 2.22. The summed E-state index contributed by atoms with van der Waals surface area (Å²) in [6, 6.07) is -8.06. The maximum absolute atomic E-state index is 14.7. The number of nitrogens with zero attached hydrogens (tertiary/aromatic N) is 2. The lowest BCUT2D eigenvalue weighted by molar-refractivity contribution is -0.140. The standard InChI is InChI=1S/C50H88N14O13/c1-8-30(4)39-44(75)64-50(7,46(77)61-35(20-22-38(69)70)41(72)59-36(27-29(2)3)43(74)57-32(28-65)17-15-25-55-47(51)52)24-14-12-10-9-11-13-23-49(6,63-31(5)66)45(76)60-34(19-21-37(67)68)40(71)58-33(42(73)62-39)18-16-26-56-48(53)54/h28-30,32-36,39H,8-27H2,1-7H3,(H,57,74)(H,58,71)(H,59,72)(H,60,76)(H,61,77)(H,62,73)(H,63,66)(H,64,75)(H,67,68)(H,69,70)(H4,51,52,55)(H4,53,54,56)/t30-,32-,33-,34-,35-,36-,39-,49-,50-/m0/s1. The van der Waals surface area contributed by atoms with Crippen LogP contribution in [0.15, 0.2) is 9.98 Å². The molecule has 0 aromatic carbocycles. The molecule has 0 spiro atoms. The molecule has 0 radical (unpaired) electrons. The number of aliphatic imine (C=N–C) groups is 2. The second kappa shape index (κ2) is 34.5. The van der Waals surface area contributed by atoms with Crippen LogP contribution >= 0.6 is 0 Å². The van der Waals surface area contributed by atoms with E-state index in [1.807, 2.05) is 0 Å². The predicted octanol–water partition coefficient (Wildman–Crippen LogP) is -1.07. The molecule has 1 aliphatic rings. The summed E-state index contributed by atoms with van der Waals surface area (Å²) in [5.74, 6) is -10.2. The van der Waals surface area contributed by atoms with Gasteiger partial charge in [0.05, 0.1) is 6.04 Å². The van der Waals surface area contributed by atoms with Crippen molar-refractivity contribution in [3.8, 4) is 0 Å². The van der Waals surface area contributed by atoms with E-state index in [1.165, 1.54) is 20.8 Å². The van der Waals surface area contributed by atoms with E-state index in [9.17, 15) is 63.0 Å². The van der Waals surface area contributed by atoms with Crippen molar-refractivity contribution in [1.29, 1.82) is 0 Å². The monoisotopic (exact) mass is 1090 g/mol. The van der Waals surface area contributed by atoms with E-state index in [1.54, 1.807) is 27.7 Å². The fourth-order valence-corrected chi connectivity index (χ4v) is 8.53. The van der Waals surface area contributed by atoms with Gasteiger partial charge in [0.25, 0.3) is 0 Å². The van der Waals surface area contributed by atoms with E-state index in [2.05, 4.69) is 52.5 Å². The van der Waals surface area contributed by atoms with Crippen LogP contribution in [0.2, 0.25) is 0 Å². The molecule has 27 heteroatoms. The number of nitrogens with two attached hydrogens (primary N) is 4.